The second kappa shape index (κ2) is 6.64. The van der Waals surface area contributed by atoms with Crippen molar-refractivity contribution >= 4 is 5.91 Å². The molecule has 1 fully saturated rings. The molecule has 3 nitrogen and oxygen atoms in total. The molecule has 96 valence electrons. The highest BCUT2D eigenvalue weighted by Crippen LogP contribution is 2.26. The van der Waals surface area contributed by atoms with Crippen LogP contribution in [0.2, 0.25) is 0 Å². The Kier molecular flexibility index (Phi) is 5.47. The van der Waals surface area contributed by atoms with E-state index in [4.69, 9.17) is 5.26 Å². The minimum atomic E-state index is -0.501. The number of hydrogen-bond acceptors (Lipinski definition) is 2. The zero-order valence-electron chi connectivity index (χ0n) is 11.2. The molecular formula is C14H24N2O. The Labute approximate surface area is 105 Å². The lowest BCUT2D eigenvalue weighted by molar-refractivity contribution is -0.125. The summed E-state index contributed by atoms with van der Waals surface area (Å²) in [6.07, 6.45) is 5.80. The fraction of sp³-hybridized carbons (Fsp3) is 0.857. The van der Waals surface area contributed by atoms with Crippen LogP contribution in [-0.4, -0.2) is 11.9 Å². The summed E-state index contributed by atoms with van der Waals surface area (Å²) < 4.78 is 0. The van der Waals surface area contributed by atoms with Gasteiger partial charge in [-0.1, -0.05) is 27.2 Å². The lowest BCUT2D eigenvalue weighted by Crippen LogP contribution is -2.41. The van der Waals surface area contributed by atoms with Crippen LogP contribution < -0.4 is 5.32 Å². The predicted molar refractivity (Wildman–Crippen MR) is 68.1 cm³/mol. The Hall–Kier alpha value is -1.04. The molecule has 0 saturated heterocycles. The molecule has 1 aliphatic rings. The van der Waals surface area contributed by atoms with E-state index in [1.807, 2.05) is 13.8 Å². The van der Waals surface area contributed by atoms with E-state index in [2.05, 4.69) is 18.3 Å². The van der Waals surface area contributed by atoms with Gasteiger partial charge in [-0.25, -0.2) is 0 Å². The maximum atomic E-state index is 11.9. The third-order valence-corrected chi connectivity index (χ3v) is 3.86. The summed E-state index contributed by atoms with van der Waals surface area (Å²) in [5.41, 5.74) is 0. The minimum Gasteiger partial charge on any atom is -0.352 e. The summed E-state index contributed by atoms with van der Waals surface area (Å²) in [7, 11) is 0. The average Bonchev–Trinajstić information content (AvgIpc) is 2.30. The topological polar surface area (TPSA) is 52.9 Å². The molecule has 17 heavy (non-hydrogen) atoms. The molecule has 1 aliphatic carbocycles. The van der Waals surface area contributed by atoms with Gasteiger partial charge in [0.15, 0.2) is 0 Å². The second-order valence-corrected chi connectivity index (χ2v) is 5.49. The zero-order chi connectivity index (χ0) is 12.8. The maximum Gasteiger partial charge on any atom is 0.237 e. The van der Waals surface area contributed by atoms with Gasteiger partial charge in [0.1, 0.15) is 5.92 Å². The van der Waals surface area contributed by atoms with Crippen LogP contribution in [0.15, 0.2) is 0 Å². The lowest BCUT2D eigenvalue weighted by Gasteiger charge is -2.29. The number of rotatable bonds is 4. The van der Waals surface area contributed by atoms with Gasteiger partial charge >= 0.3 is 0 Å². The highest BCUT2D eigenvalue weighted by atomic mass is 16.1. The van der Waals surface area contributed by atoms with Gasteiger partial charge < -0.3 is 5.32 Å². The van der Waals surface area contributed by atoms with E-state index in [-0.39, 0.29) is 11.8 Å². The highest BCUT2D eigenvalue weighted by molar-refractivity contribution is 5.81. The van der Waals surface area contributed by atoms with Gasteiger partial charge in [-0.3, -0.25) is 4.79 Å². The largest absolute Gasteiger partial charge is 0.352 e. The summed E-state index contributed by atoms with van der Waals surface area (Å²) >= 11 is 0. The van der Waals surface area contributed by atoms with E-state index < -0.39 is 5.92 Å². The number of nitrogens with one attached hydrogen (secondary N) is 1. The first-order chi connectivity index (χ1) is 8.08. The molecule has 0 heterocycles. The van der Waals surface area contributed by atoms with E-state index in [1.54, 1.807) is 0 Å². The van der Waals surface area contributed by atoms with Gasteiger partial charge in [0.05, 0.1) is 6.07 Å². The first-order valence-corrected chi connectivity index (χ1v) is 6.78. The maximum absolute atomic E-state index is 11.9. The number of carbonyl (C=O) groups excluding carboxylic acids is 1. The Morgan fingerprint density at radius 3 is 2.35 bits per heavy atom. The van der Waals surface area contributed by atoms with E-state index >= 15 is 0 Å². The van der Waals surface area contributed by atoms with Crippen molar-refractivity contribution < 1.29 is 4.79 Å². The van der Waals surface area contributed by atoms with Crippen molar-refractivity contribution in [2.24, 2.45) is 17.8 Å². The molecule has 0 aromatic carbocycles. The van der Waals surface area contributed by atoms with Crippen molar-refractivity contribution in [3.8, 4) is 6.07 Å². The van der Waals surface area contributed by atoms with E-state index in [9.17, 15) is 4.79 Å². The quantitative estimate of drug-likeness (QED) is 0.816. The number of hydrogen-bond donors (Lipinski definition) is 1. The van der Waals surface area contributed by atoms with Crippen molar-refractivity contribution in [3.63, 3.8) is 0 Å². The van der Waals surface area contributed by atoms with Crippen molar-refractivity contribution in [3.05, 3.63) is 0 Å². The molecule has 0 aromatic heterocycles. The van der Waals surface area contributed by atoms with Crippen LogP contribution in [0.4, 0.5) is 0 Å². The molecular weight excluding hydrogens is 212 g/mol. The van der Waals surface area contributed by atoms with Gasteiger partial charge in [-0.05, 0) is 37.5 Å². The third-order valence-electron chi connectivity index (χ3n) is 3.86. The molecule has 0 spiro atoms. The Bertz CT molecular complexity index is 285. The molecule has 0 aromatic rings. The molecule has 0 radical (unpaired) electrons. The van der Waals surface area contributed by atoms with Crippen LogP contribution in [0.3, 0.4) is 0 Å². The van der Waals surface area contributed by atoms with Gasteiger partial charge in [0, 0.05) is 6.04 Å². The minimum absolute atomic E-state index is 0.0811. The van der Waals surface area contributed by atoms with E-state index in [0.29, 0.717) is 6.04 Å². The van der Waals surface area contributed by atoms with Crippen molar-refractivity contribution in [1.29, 1.82) is 5.26 Å². The molecule has 1 amide bonds. The van der Waals surface area contributed by atoms with Gasteiger partial charge in [-0.2, -0.15) is 5.26 Å². The van der Waals surface area contributed by atoms with Crippen molar-refractivity contribution in [1.82, 2.24) is 5.32 Å². The number of nitriles is 1. The second-order valence-electron chi connectivity index (χ2n) is 5.49. The number of nitrogens with zero attached hydrogens (tertiary/aromatic N) is 1. The summed E-state index contributed by atoms with van der Waals surface area (Å²) in [4.78, 5) is 11.9. The highest BCUT2D eigenvalue weighted by Gasteiger charge is 2.26. The Morgan fingerprint density at radius 1 is 1.35 bits per heavy atom. The number of amides is 1. The van der Waals surface area contributed by atoms with Crippen LogP contribution in [-0.2, 0) is 4.79 Å². The molecule has 1 saturated carbocycles. The molecule has 1 atom stereocenters. The molecule has 3 heteroatoms. The van der Waals surface area contributed by atoms with E-state index in [1.165, 1.54) is 19.3 Å². The van der Waals surface area contributed by atoms with Gasteiger partial charge in [0.25, 0.3) is 0 Å². The fourth-order valence-electron chi connectivity index (χ4n) is 2.52. The smallest absolute Gasteiger partial charge is 0.237 e. The van der Waals surface area contributed by atoms with Crippen molar-refractivity contribution in [2.75, 3.05) is 0 Å². The van der Waals surface area contributed by atoms with Crippen LogP contribution >= 0.6 is 0 Å². The summed E-state index contributed by atoms with van der Waals surface area (Å²) in [5.74, 6) is 0.341. The normalized spacial score (nSPS) is 26.3. The molecule has 1 rings (SSSR count). The summed E-state index contributed by atoms with van der Waals surface area (Å²) in [6, 6.07) is 2.39. The first kappa shape index (κ1) is 14.0. The van der Waals surface area contributed by atoms with Gasteiger partial charge in [-0.15, -0.1) is 0 Å². The first-order valence-electron chi connectivity index (χ1n) is 6.78. The zero-order valence-corrected chi connectivity index (χ0v) is 11.2. The summed E-state index contributed by atoms with van der Waals surface area (Å²) in [5, 5.41) is 12.0. The van der Waals surface area contributed by atoms with Crippen LogP contribution in [0.25, 0.3) is 0 Å². The fourth-order valence-corrected chi connectivity index (χ4v) is 2.52. The molecule has 0 aliphatic heterocycles. The monoisotopic (exact) mass is 236 g/mol. The van der Waals surface area contributed by atoms with Crippen LogP contribution in [0, 0.1) is 29.1 Å². The third kappa shape index (κ3) is 4.03. The van der Waals surface area contributed by atoms with Crippen LogP contribution in [0.5, 0.6) is 0 Å². The van der Waals surface area contributed by atoms with E-state index in [0.717, 1.165) is 18.8 Å². The standard InChI is InChI=1S/C14H24N2O/c1-4-11-5-7-12(8-6-11)16-14(17)13(9-15)10(2)3/h10-13H,4-8H2,1-3H3,(H,16,17). The summed E-state index contributed by atoms with van der Waals surface area (Å²) in [6.45, 7) is 6.07. The molecule has 0 bridgehead atoms. The molecule has 1 N–H and O–H groups in total. The Morgan fingerprint density at radius 2 is 1.94 bits per heavy atom. The van der Waals surface area contributed by atoms with Gasteiger partial charge in [0.2, 0.25) is 5.91 Å². The number of carbonyl (C=O) groups is 1. The van der Waals surface area contributed by atoms with Crippen LogP contribution in [0.1, 0.15) is 52.9 Å². The van der Waals surface area contributed by atoms with Crippen molar-refractivity contribution in [2.45, 2.75) is 58.9 Å². The SMILES string of the molecule is CCC1CCC(NC(=O)C(C#N)C(C)C)CC1. The average molecular weight is 236 g/mol. The predicted octanol–water partition coefficient (Wildman–Crippen LogP) is 2.87. The molecule has 1 unspecified atom stereocenters. The Balaban J connectivity index is 2.40. The lowest BCUT2D eigenvalue weighted by atomic mass is 9.84.